The Morgan fingerprint density at radius 1 is 0.586 bits per heavy atom. The van der Waals surface area contributed by atoms with Crippen LogP contribution < -0.4 is 21.3 Å². The molecule has 0 aromatic heterocycles. The zero-order chi connectivity index (χ0) is 42.1. The molecule has 1 aromatic carbocycles. The van der Waals surface area contributed by atoms with E-state index in [9.17, 15) is 28.8 Å². The molecule has 0 saturated heterocycles. The van der Waals surface area contributed by atoms with Crippen molar-refractivity contribution in [2.24, 2.45) is 0 Å². The first-order chi connectivity index (χ1) is 28.2. The zero-order valence-corrected chi connectivity index (χ0v) is 33.2. The van der Waals surface area contributed by atoms with E-state index in [0.29, 0.717) is 117 Å². The molecule has 1 atom stereocenters. The number of aliphatic hydroxyl groups is 1. The maximum absolute atomic E-state index is 12.3. The standard InChI is InChI=1S/C38H59N5O15/c1-30(38(50)42-32-4-2-31(29-44)3-5-32)41-35(47)28-40-34(46)9-12-51-14-16-53-18-20-55-22-24-57-26-27-58-25-23-56-21-19-54-17-15-52-13-10-39-33(45)8-11-43-36(48)6-7-37(43)49/h2-7,30,44H,8-29H2,1H3,(H,39,45)(H,40,46)(H,41,47)(H,42,50)/t30-/m0/s1. The maximum Gasteiger partial charge on any atom is 0.253 e. The van der Waals surface area contributed by atoms with Crippen LogP contribution in [-0.4, -0.2) is 177 Å². The molecule has 1 aromatic rings. The quantitative estimate of drug-likeness (QED) is 0.0390. The topological polar surface area (TPSA) is 248 Å². The van der Waals surface area contributed by atoms with Crippen molar-refractivity contribution in [3.63, 3.8) is 0 Å². The molecule has 326 valence electrons. The van der Waals surface area contributed by atoms with E-state index in [1.807, 2.05) is 0 Å². The van der Waals surface area contributed by atoms with Gasteiger partial charge in [-0.1, -0.05) is 12.1 Å². The minimum absolute atomic E-state index is 0.0380. The van der Waals surface area contributed by atoms with Crippen LogP contribution in [0, 0.1) is 0 Å². The van der Waals surface area contributed by atoms with Crippen LogP contribution in [0.25, 0.3) is 0 Å². The monoisotopic (exact) mass is 825 g/mol. The molecule has 6 amide bonds. The lowest BCUT2D eigenvalue weighted by Gasteiger charge is -2.14. The summed E-state index contributed by atoms with van der Waals surface area (Å²) in [4.78, 5) is 72.1. The second-order valence-corrected chi connectivity index (χ2v) is 12.3. The highest BCUT2D eigenvalue weighted by molar-refractivity contribution is 6.13. The number of imide groups is 1. The van der Waals surface area contributed by atoms with Gasteiger partial charge < -0.3 is 64.3 Å². The van der Waals surface area contributed by atoms with Crippen LogP contribution in [0.15, 0.2) is 36.4 Å². The fourth-order valence-corrected chi connectivity index (χ4v) is 4.59. The van der Waals surface area contributed by atoms with E-state index in [0.717, 1.165) is 4.90 Å². The summed E-state index contributed by atoms with van der Waals surface area (Å²) in [5.74, 6) is -2.37. The molecule has 0 unspecified atom stereocenters. The third-order valence-electron chi connectivity index (χ3n) is 7.73. The van der Waals surface area contributed by atoms with Crippen molar-refractivity contribution in [1.82, 2.24) is 20.9 Å². The van der Waals surface area contributed by atoms with Crippen LogP contribution in [0.1, 0.15) is 25.3 Å². The number of rotatable bonds is 36. The minimum atomic E-state index is -0.822. The van der Waals surface area contributed by atoms with Gasteiger partial charge in [0.05, 0.1) is 119 Å². The fourth-order valence-electron chi connectivity index (χ4n) is 4.59. The van der Waals surface area contributed by atoms with Gasteiger partial charge in [0, 0.05) is 43.8 Å². The van der Waals surface area contributed by atoms with Crippen molar-refractivity contribution >= 4 is 41.1 Å². The van der Waals surface area contributed by atoms with Crippen molar-refractivity contribution in [2.45, 2.75) is 32.4 Å². The molecule has 1 aliphatic rings. The molecule has 0 saturated carbocycles. The average molecular weight is 826 g/mol. The van der Waals surface area contributed by atoms with Crippen LogP contribution in [0.2, 0.25) is 0 Å². The molecule has 0 fully saturated rings. The zero-order valence-electron chi connectivity index (χ0n) is 33.2. The molecule has 58 heavy (non-hydrogen) atoms. The minimum Gasteiger partial charge on any atom is -0.392 e. The van der Waals surface area contributed by atoms with Crippen LogP contribution in [0.3, 0.4) is 0 Å². The van der Waals surface area contributed by atoms with Gasteiger partial charge in [-0.05, 0) is 24.6 Å². The van der Waals surface area contributed by atoms with Crippen molar-refractivity contribution in [1.29, 1.82) is 0 Å². The molecule has 0 radical (unpaired) electrons. The van der Waals surface area contributed by atoms with Gasteiger partial charge in [0.25, 0.3) is 11.8 Å². The van der Waals surface area contributed by atoms with Crippen molar-refractivity contribution in [3.05, 3.63) is 42.0 Å². The Kier molecular flexibility index (Phi) is 27.9. The summed E-state index contributed by atoms with van der Waals surface area (Å²) in [6.45, 7) is 7.50. The molecular formula is C38H59N5O15. The van der Waals surface area contributed by atoms with Gasteiger partial charge in [-0.3, -0.25) is 33.7 Å². The number of hydrogen-bond donors (Lipinski definition) is 5. The first kappa shape index (κ1) is 49.8. The number of carbonyl (C=O) groups is 6. The van der Waals surface area contributed by atoms with E-state index in [1.165, 1.54) is 19.1 Å². The largest absolute Gasteiger partial charge is 0.392 e. The Hall–Kier alpha value is -4.38. The van der Waals surface area contributed by atoms with E-state index in [1.54, 1.807) is 24.3 Å². The predicted octanol–water partition coefficient (Wildman–Crippen LogP) is -1.31. The number of amides is 6. The van der Waals surface area contributed by atoms with Gasteiger partial charge in [-0.25, -0.2) is 0 Å². The first-order valence-corrected chi connectivity index (χ1v) is 19.2. The van der Waals surface area contributed by atoms with Crippen molar-refractivity contribution in [3.8, 4) is 0 Å². The number of hydrogen-bond acceptors (Lipinski definition) is 15. The van der Waals surface area contributed by atoms with Gasteiger partial charge in [-0.2, -0.15) is 0 Å². The second kappa shape index (κ2) is 32.6. The number of nitrogens with one attached hydrogen (secondary N) is 4. The first-order valence-electron chi connectivity index (χ1n) is 19.2. The Balaban J connectivity index is 1.23. The normalized spacial score (nSPS) is 12.8. The lowest BCUT2D eigenvalue weighted by molar-refractivity contribution is -0.137. The SMILES string of the molecule is C[C@H](NC(=O)CNC(=O)CCOCCOCCOCCOCCOCCOCCOCCOCCNC(=O)CCN1C(=O)C=CC1=O)C(=O)Nc1ccc(CO)cc1. The fraction of sp³-hybridized carbons (Fsp3) is 0.632. The van der Waals surface area contributed by atoms with Crippen molar-refractivity contribution < 1.29 is 71.8 Å². The number of aliphatic hydroxyl groups excluding tert-OH is 1. The third-order valence-corrected chi connectivity index (χ3v) is 7.73. The Morgan fingerprint density at radius 2 is 1.02 bits per heavy atom. The van der Waals surface area contributed by atoms with Crippen LogP contribution in [0.4, 0.5) is 5.69 Å². The average Bonchev–Trinajstić information content (AvgIpc) is 3.54. The van der Waals surface area contributed by atoms with Gasteiger partial charge in [0.1, 0.15) is 6.04 Å². The molecule has 5 N–H and O–H groups in total. The summed E-state index contributed by atoms with van der Waals surface area (Å²) in [6.07, 6.45) is 2.47. The van der Waals surface area contributed by atoms with Crippen molar-refractivity contribution in [2.75, 3.05) is 131 Å². The number of ether oxygens (including phenoxy) is 8. The number of benzene rings is 1. The summed E-state index contributed by atoms with van der Waals surface area (Å²) in [6, 6.07) is 5.83. The van der Waals surface area contributed by atoms with Gasteiger partial charge in [0.15, 0.2) is 0 Å². The highest BCUT2D eigenvalue weighted by atomic mass is 16.6. The summed E-state index contributed by atoms with van der Waals surface area (Å²) in [5.41, 5.74) is 1.24. The molecular weight excluding hydrogens is 766 g/mol. The van der Waals surface area contributed by atoms with Gasteiger partial charge >= 0.3 is 0 Å². The Labute approximate surface area is 338 Å². The molecule has 1 aliphatic heterocycles. The van der Waals surface area contributed by atoms with Gasteiger partial charge in [-0.15, -0.1) is 0 Å². The van der Waals surface area contributed by atoms with Crippen LogP contribution in [-0.2, 0) is 73.3 Å². The summed E-state index contributed by atoms with van der Waals surface area (Å²) < 4.78 is 43.4. The molecule has 0 aliphatic carbocycles. The van der Waals surface area contributed by atoms with Crippen LogP contribution >= 0.6 is 0 Å². The Bertz CT molecular complexity index is 1360. The summed E-state index contributed by atoms with van der Waals surface area (Å²) in [7, 11) is 0. The summed E-state index contributed by atoms with van der Waals surface area (Å²) in [5, 5.41) is 19.4. The molecule has 0 spiro atoms. The third kappa shape index (κ3) is 25.1. The van der Waals surface area contributed by atoms with E-state index >= 15 is 0 Å². The number of nitrogens with zero attached hydrogens (tertiary/aromatic N) is 1. The van der Waals surface area contributed by atoms with Gasteiger partial charge in [0.2, 0.25) is 23.6 Å². The lowest BCUT2D eigenvalue weighted by atomic mass is 10.2. The number of anilines is 1. The van der Waals surface area contributed by atoms with E-state index in [-0.39, 0.29) is 51.0 Å². The highest BCUT2D eigenvalue weighted by Crippen LogP contribution is 2.10. The second-order valence-electron chi connectivity index (χ2n) is 12.3. The molecule has 0 bridgehead atoms. The van der Waals surface area contributed by atoms with Crippen LogP contribution in [0.5, 0.6) is 0 Å². The Morgan fingerprint density at radius 3 is 1.48 bits per heavy atom. The number of carbonyl (C=O) groups excluding carboxylic acids is 6. The maximum atomic E-state index is 12.3. The highest BCUT2D eigenvalue weighted by Gasteiger charge is 2.23. The summed E-state index contributed by atoms with van der Waals surface area (Å²) >= 11 is 0. The lowest BCUT2D eigenvalue weighted by Crippen LogP contribution is -2.46. The smallest absolute Gasteiger partial charge is 0.253 e. The van der Waals surface area contributed by atoms with E-state index in [4.69, 9.17) is 43.0 Å². The predicted molar refractivity (Wildman–Crippen MR) is 206 cm³/mol. The van der Waals surface area contributed by atoms with E-state index < -0.39 is 29.7 Å². The molecule has 20 heteroatoms. The molecule has 2 rings (SSSR count). The molecule has 20 nitrogen and oxygen atoms in total. The van der Waals surface area contributed by atoms with E-state index in [2.05, 4.69) is 21.3 Å². The molecule has 1 heterocycles.